The van der Waals surface area contributed by atoms with Crippen LogP contribution in [0.2, 0.25) is 0 Å². The molecule has 3 rings (SSSR count). The van der Waals surface area contributed by atoms with Gasteiger partial charge in [0.25, 0.3) is 0 Å². The van der Waals surface area contributed by atoms with Gasteiger partial charge in [-0.3, -0.25) is 9.59 Å². The quantitative estimate of drug-likeness (QED) is 0.182. The Hall–Kier alpha value is -1.98. The standard InChI is InChI=1S/C32H48O5/c1-20(2)12-13-24(35)21(3)10-9-11-22(4)29-25(36)18-27-30(6)17-15-28(37-23(5)34)32(8,19-33)26(30)14-16-31(27,29)7/h9-12,24,26-28,33,35H,13-19H2,1-8H3/b11-9+,21-10+,29-22+/t24-,26+,27-,28-,30-,31-,32+/m0/s1. The Balaban J connectivity index is 1.89. The molecule has 3 aliphatic carbocycles. The summed E-state index contributed by atoms with van der Waals surface area (Å²) in [5.74, 6) is 0.300. The lowest BCUT2D eigenvalue weighted by atomic mass is 9.43. The summed E-state index contributed by atoms with van der Waals surface area (Å²) in [5, 5.41) is 20.9. The van der Waals surface area contributed by atoms with Crippen LogP contribution in [0, 0.1) is 28.1 Å². The van der Waals surface area contributed by atoms with Crippen molar-refractivity contribution < 1.29 is 24.5 Å². The van der Waals surface area contributed by atoms with Gasteiger partial charge in [-0.2, -0.15) is 0 Å². The average Bonchev–Trinajstić information content (AvgIpc) is 3.10. The van der Waals surface area contributed by atoms with Crippen LogP contribution in [0.15, 0.2) is 46.6 Å². The Morgan fingerprint density at radius 2 is 1.76 bits per heavy atom. The van der Waals surface area contributed by atoms with Crippen molar-refractivity contribution >= 4 is 11.8 Å². The zero-order chi connectivity index (χ0) is 27.8. The Morgan fingerprint density at radius 3 is 2.35 bits per heavy atom. The highest BCUT2D eigenvalue weighted by molar-refractivity contribution is 6.00. The van der Waals surface area contributed by atoms with E-state index in [1.54, 1.807) is 0 Å². The predicted octanol–water partition coefficient (Wildman–Crippen LogP) is 6.26. The largest absolute Gasteiger partial charge is 0.462 e. The van der Waals surface area contributed by atoms with Gasteiger partial charge in [0.15, 0.2) is 5.78 Å². The summed E-state index contributed by atoms with van der Waals surface area (Å²) in [7, 11) is 0. The highest BCUT2D eigenvalue weighted by atomic mass is 16.5. The minimum absolute atomic E-state index is 0.0296. The van der Waals surface area contributed by atoms with E-state index in [0.29, 0.717) is 19.3 Å². The van der Waals surface area contributed by atoms with Crippen LogP contribution >= 0.6 is 0 Å². The maximum Gasteiger partial charge on any atom is 0.302 e. The number of rotatable bonds is 7. The van der Waals surface area contributed by atoms with Crippen molar-refractivity contribution in [1.82, 2.24) is 0 Å². The first-order valence-electron chi connectivity index (χ1n) is 13.9. The highest BCUT2D eigenvalue weighted by Gasteiger charge is 2.66. The maximum absolute atomic E-state index is 13.5. The lowest BCUT2D eigenvalue weighted by molar-refractivity contribution is -0.198. The molecule has 7 atom stereocenters. The number of Topliss-reactive ketones (excluding diaryl/α,β-unsaturated/α-hetero) is 1. The first-order chi connectivity index (χ1) is 17.2. The summed E-state index contributed by atoms with van der Waals surface area (Å²) in [6.45, 7) is 16.0. The van der Waals surface area contributed by atoms with Gasteiger partial charge in [-0.25, -0.2) is 0 Å². The Kier molecular flexibility index (Phi) is 8.81. The number of ether oxygens (including phenoxy) is 1. The van der Waals surface area contributed by atoms with Gasteiger partial charge in [0, 0.05) is 29.7 Å². The summed E-state index contributed by atoms with van der Waals surface area (Å²) in [6.07, 6.45) is 11.6. The normalized spacial score (nSPS) is 38.2. The topological polar surface area (TPSA) is 83.8 Å². The van der Waals surface area contributed by atoms with Crippen LogP contribution in [0.25, 0.3) is 0 Å². The average molecular weight is 513 g/mol. The molecule has 0 heterocycles. The molecule has 3 fully saturated rings. The summed E-state index contributed by atoms with van der Waals surface area (Å²) in [5.41, 5.74) is 3.18. The minimum Gasteiger partial charge on any atom is -0.462 e. The number of ketones is 1. The van der Waals surface area contributed by atoms with E-state index < -0.39 is 11.5 Å². The van der Waals surface area contributed by atoms with Gasteiger partial charge >= 0.3 is 5.97 Å². The van der Waals surface area contributed by atoms with Gasteiger partial charge in [0.05, 0.1) is 12.7 Å². The summed E-state index contributed by atoms with van der Waals surface area (Å²) >= 11 is 0. The van der Waals surface area contributed by atoms with Crippen molar-refractivity contribution in [1.29, 1.82) is 0 Å². The number of fused-ring (bicyclic) bond motifs is 3. The van der Waals surface area contributed by atoms with E-state index in [9.17, 15) is 19.8 Å². The van der Waals surface area contributed by atoms with Gasteiger partial charge < -0.3 is 14.9 Å². The molecule has 5 nitrogen and oxygen atoms in total. The van der Waals surface area contributed by atoms with E-state index in [1.807, 2.05) is 52.0 Å². The highest BCUT2D eigenvalue weighted by Crippen LogP contribution is 2.69. The lowest BCUT2D eigenvalue weighted by Crippen LogP contribution is -2.60. The summed E-state index contributed by atoms with van der Waals surface area (Å²) < 4.78 is 5.71. The van der Waals surface area contributed by atoms with Crippen molar-refractivity contribution in [3.05, 3.63) is 46.6 Å². The van der Waals surface area contributed by atoms with E-state index in [4.69, 9.17) is 4.74 Å². The molecular weight excluding hydrogens is 464 g/mol. The maximum atomic E-state index is 13.5. The number of esters is 1. The second-order valence-electron chi connectivity index (χ2n) is 12.9. The molecule has 0 amide bonds. The van der Waals surface area contributed by atoms with E-state index >= 15 is 0 Å². The monoisotopic (exact) mass is 512 g/mol. The van der Waals surface area contributed by atoms with Crippen LogP contribution in [-0.4, -0.2) is 40.8 Å². The van der Waals surface area contributed by atoms with Crippen molar-refractivity contribution in [2.75, 3.05) is 6.61 Å². The molecule has 0 unspecified atom stereocenters. The second-order valence-corrected chi connectivity index (χ2v) is 12.9. The molecule has 3 aliphatic rings. The molecule has 5 heteroatoms. The smallest absolute Gasteiger partial charge is 0.302 e. The van der Waals surface area contributed by atoms with Crippen molar-refractivity contribution in [3.63, 3.8) is 0 Å². The van der Waals surface area contributed by atoms with Crippen LogP contribution in [0.1, 0.15) is 93.9 Å². The number of allylic oxidation sites excluding steroid dienone is 6. The Labute approximate surface area is 223 Å². The van der Waals surface area contributed by atoms with Crippen LogP contribution in [0.5, 0.6) is 0 Å². The van der Waals surface area contributed by atoms with Crippen LogP contribution in [0.4, 0.5) is 0 Å². The zero-order valence-electron chi connectivity index (χ0n) is 24.2. The van der Waals surface area contributed by atoms with Gasteiger partial charge in [0.1, 0.15) is 6.10 Å². The van der Waals surface area contributed by atoms with Crippen molar-refractivity contribution in [2.45, 2.75) is 106 Å². The molecule has 0 saturated heterocycles. The van der Waals surface area contributed by atoms with Crippen LogP contribution in [0.3, 0.4) is 0 Å². The first kappa shape index (κ1) is 29.6. The van der Waals surface area contributed by atoms with Gasteiger partial charge in [-0.1, -0.05) is 50.6 Å². The van der Waals surface area contributed by atoms with Crippen LogP contribution < -0.4 is 0 Å². The summed E-state index contributed by atoms with van der Waals surface area (Å²) in [4.78, 5) is 25.3. The van der Waals surface area contributed by atoms with Gasteiger partial charge in [-0.15, -0.1) is 0 Å². The van der Waals surface area contributed by atoms with Gasteiger partial charge in [0.2, 0.25) is 0 Å². The SMILES string of the molecule is CC(=O)O[C@H]1CC[C@@]2(C)[C@@H](CC[C@]3(C)/C(=C(C)/C=C/C=C(\C)[C@@H](O)CC=C(C)C)C(=O)C[C@@H]23)[C@@]1(C)CO. The number of aliphatic hydroxyl groups excluding tert-OH is 2. The number of aliphatic hydroxyl groups is 2. The fourth-order valence-corrected chi connectivity index (χ4v) is 8.06. The molecule has 0 spiro atoms. The zero-order valence-corrected chi connectivity index (χ0v) is 24.2. The molecule has 2 N–H and O–H groups in total. The number of hydrogen-bond acceptors (Lipinski definition) is 5. The third-order valence-electron chi connectivity index (χ3n) is 10.1. The Bertz CT molecular complexity index is 1030. The molecule has 37 heavy (non-hydrogen) atoms. The number of carbonyl (C=O) groups is 2. The fourth-order valence-electron chi connectivity index (χ4n) is 8.06. The molecule has 3 saturated carbocycles. The van der Waals surface area contributed by atoms with Gasteiger partial charge in [-0.05, 0) is 88.2 Å². The number of hydrogen-bond donors (Lipinski definition) is 2. The minimum atomic E-state index is -0.515. The summed E-state index contributed by atoms with van der Waals surface area (Å²) in [6, 6.07) is 0. The Morgan fingerprint density at radius 1 is 1.08 bits per heavy atom. The molecule has 0 aromatic rings. The van der Waals surface area contributed by atoms with Crippen LogP contribution in [-0.2, 0) is 14.3 Å². The van der Waals surface area contributed by atoms with E-state index in [-0.39, 0.29) is 47.1 Å². The fraction of sp³-hybridized carbons (Fsp3) is 0.688. The molecule has 0 aliphatic heterocycles. The lowest BCUT2D eigenvalue weighted by Gasteiger charge is -2.62. The molecule has 206 valence electrons. The predicted molar refractivity (Wildman–Crippen MR) is 148 cm³/mol. The number of carbonyl (C=O) groups excluding carboxylic acids is 2. The van der Waals surface area contributed by atoms with E-state index in [0.717, 1.165) is 36.0 Å². The first-order valence-corrected chi connectivity index (χ1v) is 13.9. The van der Waals surface area contributed by atoms with E-state index in [1.165, 1.54) is 12.5 Å². The third-order valence-corrected chi connectivity index (χ3v) is 10.1. The molecule has 0 aromatic heterocycles. The molecular formula is C32H48O5. The van der Waals surface area contributed by atoms with Crippen molar-refractivity contribution in [3.8, 4) is 0 Å². The second kappa shape index (κ2) is 11.0. The van der Waals surface area contributed by atoms with Crippen molar-refractivity contribution in [2.24, 2.45) is 28.1 Å². The molecule has 0 radical (unpaired) electrons. The van der Waals surface area contributed by atoms with E-state index in [2.05, 4.69) is 20.8 Å². The molecule has 0 bridgehead atoms. The third kappa shape index (κ3) is 5.45. The molecule has 0 aromatic carbocycles.